The molecular formula is C24H27N3O2. The summed E-state index contributed by atoms with van der Waals surface area (Å²) in [4.78, 5) is 24.9. The number of esters is 1. The summed E-state index contributed by atoms with van der Waals surface area (Å²) in [6.45, 7) is 9.01. The van der Waals surface area contributed by atoms with Crippen molar-refractivity contribution in [2.75, 3.05) is 7.11 Å². The van der Waals surface area contributed by atoms with Crippen LogP contribution in [0.1, 0.15) is 62.3 Å². The van der Waals surface area contributed by atoms with E-state index in [-0.39, 0.29) is 16.8 Å². The molecule has 2 heterocycles. The topological polar surface area (TPSA) is 67.9 Å². The van der Waals surface area contributed by atoms with Crippen LogP contribution in [0.15, 0.2) is 42.6 Å². The van der Waals surface area contributed by atoms with Crippen molar-refractivity contribution in [2.45, 2.75) is 51.4 Å². The summed E-state index contributed by atoms with van der Waals surface area (Å²) >= 11 is 0. The van der Waals surface area contributed by atoms with E-state index in [0.29, 0.717) is 5.56 Å². The van der Waals surface area contributed by atoms with E-state index in [1.165, 1.54) is 7.11 Å². The van der Waals surface area contributed by atoms with Crippen molar-refractivity contribution < 1.29 is 9.53 Å². The number of benzene rings is 1. The first-order valence-corrected chi connectivity index (χ1v) is 9.97. The normalized spacial score (nSPS) is 16.9. The summed E-state index contributed by atoms with van der Waals surface area (Å²) in [5.74, 6) is -0.335. The molecule has 1 aliphatic rings. The van der Waals surface area contributed by atoms with Crippen LogP contribution in [0.5, 0.6) is 0 Å². The summed E-state index contributed by atoms with van der Waals surface area (Å²) in [5, 5.41) is 0. The van der Waals surface area contributed by atoms with Crippen molar-refractivity contribution in [3.05, 3.63) is 59.5 Å². The van der Waals surface area contributed by atoms with E-state index in [1.54, 1.807) is 12.1 Å². The number of carbonyl (C=O) groups excluding carboxylic acids is 1. The Morgan fingerprint density at radius 3 is 2.21 bits per heavy atom. The van der Waals surface area contributed by atoms with Crippen LogP contribution < -0.4 is 0 Å². The first kappa shape index (κ1) is 19.4. The number of carbonyl (C=O) groups is 1. The number of H-pyrrole nitrogens is 1. The largest absolute Gasteiger partial charge is 0.465 e. The van der Waals surface area contributed by atoms with Crippen molar-refractivity contribution in [3.63, 3.8) is 0 Å². The van der Waals surface area contributed by atoms with Gasteiger partial charge in [0.05, 0.1) is 36.0 Å². The minimum Gasteiger partial charge on any atom is -0.465 e. The van der Waals surface area contributed by atoms with E-state index < -0.39 is 0 Å². The van der Waals surface area contributed by atoms with Gasteiger partial charge in [-0.25, -0.2) is 9.78 Å². The van der Waals surface area contributed by atoms with Crippen LogP contribution in [0.3, 0.4) is 0 Å². The smallest absolute Gasteiger partial charge is 0.337 e. The van der Waals surface area contributed by atoms with Crippen LogP contribution >= 0.6 is 0 Å². The second-order valence-corrected chi connectivity index (χ2v) is 9.07. The van der Waals surface area contributed by atoms with Crippen LogP contribution in [0.2, 0.25) is 0 Å². The lowest BCUT2D eigenvalue weighted by molar-refractivity contribution is 0.0601. The van der Waals surface area contributed by atoms with Gasteiger partial charge < -0.3 is 9.72 Å². The number of hydrogen-bond donors (Lipinski definition) is 1. The lowest BCUT2D eigenvalue weighted by Gasteiger charge is -2.39. The molecule has 0 aliphatic heterocycles. The Labute approximate surface area is 171 Å². The van der Waals surface area contributed by atoms with Crippen LogP contribution in [-0.4, -0.2) is 28.0 Å². The molecule has 5 heteroatoms. The van der Waals surface area contributed by atoms with Gasteiger partial charge in [0, 0.05) is 16.5 Å². The lowest BCUT2D eigenvalue weighted by atomic mass is 9.67. The molecular weight excluding hydrogens is 362 g/mol. The molecule has 0 radical (unpaired) electrons. The standard InChI is InChI=1S/C24H27N3O2/c1-23(2)12-13-24(3,4)21-20(23)25-14-19(27-21)18-11-10-17(26-18)15-6-8-16(9-7-15)22(28)29-5/h6-11,14,26H,12-13H2,1-5H3. The quantitative estimate of drug-likeness (QED) is 0.619. The van der Waals surface area contributed by atoms with Crippen molar-refractivity contribution >= 4 is 5.97 Å². The number of nitrogens with zero attached hydrogens (tertiary/aromatic N) is 2. The van der Waals surface area contributed by atoms with E-state index in [2.05, 4.69) is 32.7 Å². The van der Waals surface area contributed by atoms with Gasteiger partial charge in [-0.05, 0) is 42.7 Å². The molecule has 2 aromatic heterocycles. The molecule has 150 valence electrons. The summed E-state index contributed by atoms with van der Waals surface area (Å²) in [6.07, 6.45) is 4.10. The number of ether oxygens (including phenoxy) is 1. The molecule has 4 rings (SSSR count). The first-order chi connectivity index (χ1) is 13.7. The third-order valence-corrected chi connectivity index (χ3v) is 6.01. The van der Waals surface area contributed by atoms with E-state index in [4.69, 9.17) is 14.7 Å². The Morgan fingerprint density at radius 2 is 1.55 bits per heavy atom. The van der Waals surface area contributed by atoms with Crippen LogP contribution in [0.25, 0.3) is 22.6 Å². The number of hydrogen-bond acceptors (Lipinski definition) is 4. The molecule has 0 atom stereocenters. The minimum atomic E-state index is -0.335. The summed E-state index contributed by atoms with van der Waals surface area (Å²) in [5.41, 5.74) is 6.58. The average molecular weight is 389 g/mol. The molecule has 0 amide bonds. The van der Waals surface area contributed by atoms with Crippen LogP contribution in [0.4, 0.5) is 0 Å². The molecule has 0 saturated carbocycles. The van der Waals surface area contributed by atoms with Gasteiger partial charge in [-0.1, -0.05) is 39.8 Å². The molecule has 0 fully saturated rings. The Morgan fingerprint density at radius 1 is 0.931 bits per heavy atom. The van der Waals surface area contributed by atoms with Crippen LogP contribution in [-0.2, 0) is 15.6 Å². The van der Waals surface area contributed by atoms with Gasteiger partial charge in [-0.3, -0.25) is 4.98 Å². The summed E-state index contributed by atoms with van der Waals surface area (Å²) in [6, 6.07) is 11.4. The van der Waals surface area contributed by atoms with E-state index in [9.17, 15) is 4.79 Å². The summed E-state index contributed by atoms with van der Waals surface area (Å²) < 4.78 is 4.76. The maximum atomic E-state index is 11.6. The fraction of sp³-hybridized carbons (Fsp3) is 0.375. The van der Waals surface area contributed by atoms with E-state index >= 15 is 0 Å². The zero-order valence-electron chi connectivity index (χ0n) is 17.7. The Kier molecular flexibility index (Phi) is 4.56. The van der Waals surface area contributed by atoms with Gasteiger partial charge in [-0.2, -0.15) is 0 Å². The molecule has 1 N–H and O–H groups in total. The fourth-order valence-electron chi connectivity index (χ4n) is 3.96. The Balaban J connectivity index is 1.68. The van der Waals surface area contributed by atoms with Crippen LogP contribution in [0, 0.1) is 0 Å². The van der Waals surface area contributed by atoms with Crippen molar-refractivity contribution in [1.29, 1.82) is 0 Å². The average Bonchev–Trinajstić information content (AvgIpc) is 3.21. The van der Waals surface area contributed by atoms with Crippen molar-refractivity contribution in [3.8, 4) is 22.6 Å². The number of aromatic nitrogens is 3. The maximum absolute atomic E-state index is 11.6. The van der Waals surface area contributed by atoms with Crippen molar-refractivity contribution in [1.82, 2.24) is 15.0 Å². The zero-order chi connectivity index (χ0) is 20.8. The minimum absolute atomic E-state index is 0.0208. The highest BCUT2D eigenvalue weighted by atomic mass is 16.5. The number of methoxy groups -OCH3 is 1. The van der Waals surface area contributed by atoms with E-state index in [0.717, 1.165) is 46.9 Å². The highest BCUT2D eigenvalue weighted by molar-refractivity contribution is 5.89. The van der Waals surface area contributed by atoms with E-state index in [1.807, 2.05) is 30.5 Å². The number of rotatable bonds is 3. The Hall–Kier alpha value is -2.95. The third kappa shape index (κ3) is 3.46. The molecule has 29 heavy (non-hydrogen) atoms. The van der Waals surface area contributed by atoms with Gasteiger partial charge >= 0.3 is 5.97 Å². The molecule has 1 aliphatic carbocycles. The molecule has 0 bridgehead atoms. The van der Waals surface area contributed by atoms with Crippen molar-refractivity contribution in [2.24, 2.45) is 0 Å². The monoisotopic (exact) mass is 389 g/mol. The SMILES string of the molecule is COC(=O)c1ccc(-c2ccc(-c3cnc4c(n3)C(C)(C)CCC4(C)C)[nH]2)cc1. The highest BCUT2D eigenvalue weighted by Gasteiger charge is 2.39. The van der Waals surface area contributed by atoms with Gasteiger partial charge in [0.15, 0.2) is 0 Å². The van der Waals surface area contributed by atoms with Gasteiger partial charge in [0.25, 0.3) is 0 Å². The predicted octanol–water partition coefficient (Wildman–Crippen LogP) is 5.27. The summed E-state index contributed by atoms with van der Waals surface area (Å²) in [7, 11) is 1.38. The predicted molar refractivity (Wildman–Crippen MR) is 114 cm³/mol. The Bertz CT molecular complexity index is 1060. The number of aromatic amines is 1. The van der Waals surface area contributed by atoms with Gasteiger partial charge in [-0.15, -0.1) is 0 Å². The van der Waals surface area contributed by atoms with Gasteiger partial charge in [0.1, 0.15) is 5.69 Å². The molecule has 0 unspecified atom stereocenters. The molecule has 3 aromatic rings. The maximum Gasteiger partial charge on any atom is 0.337 e. The lowest BCUT2D eigenvalue weighted by Crippen LogP contribution is -2.36. The molecule has 0 spiro atoms. The second kappa shape index (κ2) is 6.83. The first-order valence-electron chi connectivity index (χ1n) is 9.97. The molecule has 0 saturated heterocycles. The molecule has 1 aromatic carbocycles. The third-order valence-electron chi connectivity index (χ3n) is 6.01. The number of nitrogens with one attached hydrogen (secondary N) is 1. The number of fused-ring (bicyclic) bond motifs is 1. The highest BCUT2D eigenvalue weighted by Crippen LogP contribution is 2.44. The zero-order valence-corrected chi connectivity index (χ0v) is 17.7. The second-order valence-electron chi connectivity index (χ2n) is 9.07. The van der Waals surface area contributed by atoms with Gasteiger partial charge in [0.2, 0.25) is 0 Å². The fourth-order valence-corrected chi connectivity index (χ4v) is 3.96. The molecule has 5 nitrogen and oxygen atoms in total.